The van der Waals surface area contributed by atoms with E-state index in [1.165, 1.54) is 47.7 Å². The molecule has 0 radical (unpaired) electrons. The first-order valence-corrected chi connectivity index (χ1v) is 42.2. The van der Waals surface area contributed by atoms with E-state index >= 15 is 0 Å². The van der Waals surface area contributed by atoms with Crippen molar-refractivity contribution < 1.29 is 134 Å². The molecule has 5 atom stereocenters. The maximum atomic E-state index is 12.4. The quantitative estimate of drug-likeness (QED) is 0.00463. The van der Waals surface area contributed by atoms with Crippen molar-refractivity contribution in [3.63, 3.8) is 0 Å². The molecule has 0 unspecified atom stereocenters. The number of benzene rings is 5. The summed E-state index contributed by atoms with van der Waals surface area (Å²) in [6.07, 6.45) is -4.06. The number of thiazole rings is 1. The number of rotatable bonds is 26. The van der Waals surface area contributed by atoms with Crippen LogP contribution in [0.3, 0.4) is 0 Å². The van der Waals surface area contributed by atoms with E-state index in [4.69, 9.17) is 78.3 Å². The van der Waals surface area contributed by atoms with Crippen LogP contribution in [0.2, 0.25) is 0 Å². The minimum absolute atomic E-state index is 0.0430. The molecule has 1 heterocycles. The third kappa shape index (κ3) is 52.5. The van der Waals surface area contributed by atoms with Gasteiger partial charge in [0.25, 0.3) is 5.78 Å². The molecule has 0 saturated heterocycles. The Morgan fingerprint density at radius 2 is 0.680 bits per heavy atom. The van der Waals surface area contributed by atoms with E-state index in [0.717, 1.165) is 27.5 Å². The van der Waals surface area contributed by atoms with Crippen LogP contribution in [0.5, 0.6) is 28.7 Å². The Kier molecular flexibility index (Phi) is 44.3. The summed E-state index contributed by atoms with van der Waals surface area (Å²) in [5, 5.41) is 42.8. The Labute approximate surface area is 759 Å². The van der Waals surface area contributed by atoms with E-state index in [1.54, 1.807) is 225 Å². The van der Waals surface area contributed by atoms with Crippen LogP contribution in [0, 0.1) is 0 Å². The fraction of sp³-hybridized carbons (Fsp3) is 0.489. The minimum atomic E-state index is -1.19. The maximum absolute atomic E-state index is 12.4. The maximum Gasteiger partial charge on any atom is 0.514 e. The number of nitrogens with two attached hydrogens (primary N) is 1. The van der Waals surface area contributed by atoms with Crippen molar-refractivity contribution >= 4 is 111 Å². The van der Waals surface area contributed by atoms with E-state index in [2.05, 4.69) is 52.3 Å². The molecule has 6 aromatic rings. The first-order chi connectivity index (χ1) is 58.8. The van der Waals surface area contributed by atoms with Gasteiger partial charge in [0.05, 0.1) is 23.1 Å². The second-order valence-corrected chi connectivity index (χ2v) is 37.6. The van der Waals surface area contributed by atoms with Crippen molar-refractivity contribution in [2.24, 2.45) is 5.73 Å². The molecule has 0 aliphatic carbocycles. The number of ether oxygens (including phenoxy) is 12. The van der Waals surface area contributed by atoms with Gasteiger partial charge in [0.1, 0.15) is 91.7 Å². The number of nitrogens with one attached hydrogen (secondary N) is 5. The predicted molar refractivity (Wildman–Crippen MR) is 480 cm³/mol. The van der Waals surface area contributed by atoms with Gasteiger partial charge in [0.15, 0.2) is 10.9 Å². The first-order valence-electron chi connectivity index (χ1n) is 40.2. The number of aliphatic carboxylic acids is 2. The minimum Gasteiger partial charge on any atom is -0.508 e. The van der Waals surface area contributed by atoms with Crippen molar-refractivity contribution in [1.29, 1.82) is 0 Å². The van der Waals surface area contributed by atoms with Gasteiger partial charge in [-0.2, -0.15) is 4.79 Å². The van der Waals surface area contributed by atoms with E-state index in [-0.39, 0.29) is 60.1 Å². The Morgan fingerprint density at radius 3 is 0.961 bits per heavy atom. The fourth-order valence-corrected chi connectivity index (χ4v) is 10.8. The van der Waals surface area contributed by atoms with Crippen LogP contribution >= 0.6 is 27.3 Å². The average molecular weight is 1880 g/mol. The lowest BCUT2D eigenvalue weighted by atomic mass is 10.0. The number of carboxylic acids is 2. The van der Waals surface area contributed by atoms with Gasteiger partial charge in [-0.25, -0.2) is 48.1 Å². The van der Waals surface area contributed by atoms with E-state index in [1.807, 2.05) is 38.3 Å². The molecule has 4 amide bonds. The zero-order valence-corrected chi connectivity index (χ0v) is 79.6. The molecule has 704 valence electrons. The average Bonchev–Trinajstić information content (AvgIpc) is 1.78. The van der Waals surface area contributed by atoms with Gasteiger partial charge in [0.2, 0.25) is 0 Å². The molecule has 0 bridgehead atoms. The van der Waals surface area contributed by atoms with Crippen LogP contribution in [0.4, 0.5) is 43.5 Å². The lowest BCUT2D eigenvalue weighted by Gasteiger charge is -2.23. The third-order valence-corrected chi connectivity index (χ3v) is 16.2. The second-order valence-electron chi connectivity index (χ2n) is 36.2. The van der Waals surface area contributed by atoms with Gasteiger partial charge in [0, 0.05) is 25.3 Å². The molecule has 128 heavy (non-hydrogen) atoms. The second kappa shape index (κ2) is 50.8. The van der Waals surface area contributed by atoms with Gasteiger partial charge in [-0.05, 0) is 274 Å². The molecule has 0 fully saturated rings. The van der Waals surface area contributed by atoms with Crippen molar-refractivity contribution in [2.45, 2.75) is 273 Å². The van der Waals surface area contributed by atoms with Gasteiger partial charge in [-0.3, -0.25) is 14.4 Å². The number of alkyl halides is 1. The molecule has 36 nitrogen and oxygen atoms in total. The third-order valence-electron chi connectivity index (χ3n) is 14.7. The normalized spacial score (nSPS) is 12.5. The number of aromatic nitrogens is 1. The van der Waals surface area contributed by atoms with Crippen LogP contribution in [-0.2, 0) is 89.2 Å². The number of hydrogen-bond donors (Lipinski definition) is 9. The first kappa shape index (κ1) is 112. The number of anilines is 1. The van der Waals surface area contributed by atoms with Crippen molar-refractivity contribution in [1.82, 2.24) is 26.3 Å². The standard InChI is InChI=1S/C22H31N3O5S.C20H28BrNO6.C20H27N3O6.C19H27NO7.C9H11NO3/c1-21(2,3)29-19(26)25-16(17-13-31-18(23-7)24-17)12-14-8-10-15(11-9-14)28-20(27)30-22(4,5)6;1-19(2,3)27-17(24)22-15(16(23)12-21)11-13-7-9-14(10-8-13)26-18(25)28-20(4,5)6;1-19(2,3)28-17(25)23-15(16(24)12-22-21)11-13-7-9-14(10-8-13)27-18(26)29-20(4,5)6;1-18(2,3)26-16(23)20-14(15(21)22)11-12-7-9-13(10-8-12)25-17(24)27-19(4,5)6;10-8(9(12)13)5-6-1-3-7(11)4-2-6/h8-11,13,16H,12H2,1-7H3,(H,23,24)(H,25,26);7-10,15H,11-12H2,1-6H3,(H,22,24);7-10,12,15H,11H2,1-6H3,(H,23,25);7-10,14H,11H2,1-6H3,(H,20,23)(H,21,22);1-4,8,11H,5,10H2,(H,12,13)/t16-;2*15-;14-;8-/m00000/s1. The lowest BCUT2D eigenvalue weighted by Crippen LogP contribution is -2.45. The largest absolute Gasteiger partial charge is 0.514 e. The summed E-state index contributed by atoms with van der Waals surface area (Å²) in [5.74, 6) is -1.60. The summed E-state index contributed by atoms with van der Waals surface area (Å²) in [4.78, 5) is 148. The van der Waals surface area contributed by atoms with E-state index in [9.17, 15) is 62.6 Å². The van der Waals surface area contributed by atoms with Crippen LogP contribution in [0.15, 0.2) is 127 Å². The molecule has 0 aliphatic rings. The monoisotopic (exact) mass is 1870 g/mol. The van der Waals surface area contributed by atoms with Crippen molar-refractivity contribution in [3.05, 3.63) is 166 Å². The highest BCUT2D eigenvalue weighted by molar-refractivity contribution is 9.09. The number of nitrogens with zero attached hydrogens (tertiary/aromatic N) is 3. The molecule has 6 rings (SSSR count). The van der Waals surface area contributed by atoms with Gasteiger partial charge in [-0.15, -0.1) is 11.3 Å². The number of halogens is 1. The Hall–Kier alpha value is -12.4. The summed E-state index contributed by atoms with van der Waals surface area (Å²) in [6, 6.07) is 28.4. The number of alkyl carbamates (subject to hydrolysis) is 4. The van der Waals surface area contributed by atoms with Gasteiger partial charge < -0.3 is 110 Å². The number of amides is 4. The van der Waals surface area contributed by atoms with Crippen molar-refractivity contribution in [2.75, 3.05) is 17.7 Å². The summed E-state index contributed by atoms with van der Waals surface area (Å²) in [7, 11) is 1.79. The number of phenols is 1. The molecule has 5 aromatic carbocycles. The highest BCUT2D eigenvalue weighted by Crippen LogP contribution is 2.28. The van der Waals surface area contributed by atoms with Crippen molar-refractivity contribution in [3.8, 4) is 28.7 Å². The molecule has 0 spiro atoms. The number of ketones is 2. The SMILES string of the molecule is CC(C)(C)OC(=O)N[C@@H](Cc1ccc(OC(=O)OC(C)(C)C)cc1)C(=O)C=[N+]=[N-].CC(C)(C)OC(=O)N[C@@H](Cc1ccc(OC(=O)OC(C)(C)C)cc1)C(=O)CBr.CC(C)(C)OC(=O)N[C@@H](Cc1ccc(OC(=O)OC(C)(C)C)cc1)C(=O)O.CNc1nc([C@H](Cc2ccc(OC(=O)OC(C)(C)C)cc2)NC(=O)OC(C)(C)C)cs1.N[C@@H](Cc1ccc(O)cc1)C(=O)O. The lowest BCUT2D eigenvalue weighted by molar-refractivity contribution is -0.140. The van der Waals surface area contributed by atoms with E-state index in [0.29, 0.717) is 35.3 Å². The highest BCUT2D eigenvalue weighted by atomic mass is 79.9. The number of carboxylic acid groups (broad SMARTS) is 2. The van der Waals surface area contributed by atoms with Gasteiger partial charge in [-0.1, -0.05) is 76.6 Å². The fourth-order valence-electron chi connectivity index (χ4n) is 9.66. The molecule has 1 aromatic heterocycles. The number of carbonyl (C=O) groups excluding carboxylic acids is 10. The smallest absolute Gasteiger partial charge is 0.508 e. The number of phenolic OH excluding ortho intramolecular Hbond substituents is 1. The Bertz CT molecular complexity index is 4660. The zero-order valence-electron chi connectivity index (χ0n) is 77.2. The summed E-state index contributed by atoms with van der Waals surface area (Å²) >= 11 is 4.59. The number of Topliss-reactive ketones (excluding diaryl/α,β-unsaturated/α-hetero) is 2. The van der Waals surface area contributed by atoms with Crippen LogP contribution < -0.4 is 51.3 Å². The van der Waals surface area contributed by atoms with Crippen LogP contribution in [0.25, 0.3) is 5.53 Å². The molecule has 38 heteroatoms. The van der Waals surface area contributed by atoms with Crippen LogP contribution in [0.1, 0.15) is 206 Å². The van der Waals surface area contributed by atoms with Crippen LogP contribution in [-0.4, -0.2) is 185 Å². The van der Waals surface area contributed by atoms with E-state index < -0.39 is 136 Å². The topological polar surface area (TPSA) is 512 Å². The Morgan fingerprint density at radius 1 is 0.406 bits per heavy atom. The Balaban J connectivity index is 0.000000552. The zero-order chi connectivity index (χ0) is 97.7. The number of carbonyl (C=O) groups is 12. The van der Waals surface area contributed by atoms with Gasteiger partial charge >= 0.3 is 67.1 Å². The predicted octanol–water partition coefficient (Wildman–Crippen LogP) is 16.9. The molecular formula is C90H124BrN9O27S. The summed E-state index contributed by atoms with van der Waals surface area (Å²) in [5.41, 5.74) is 13.1. The summed E-state index contributed by atoms with van der Waals surface area (Å²) < 4.78 is 61.7. The number of aromatic hydroxyl groups is 1. The molecule has 0 aliphatic heterocycles. The molecule has 10 N–H and O–H groups in total. The number of hydrogen-bond acceptors (Lipinski definition) is 29. The highest BCUT2D eigenvalue weighted by Gasteiger charge is 2.31. The molecule has 0 saturated carbocycles. The summed E-state index contributed by atoms with van der Waals surface area (Å²) in [6.45, 7) is 41.7. The molecular weight excluding hydrogens is 1750 g/mol.